The van der Waals surface area contributed by atoms with Gasteiger partial charge in [-0.05, 0) is 30.4 Å². The zero-order valence-corrected chi connectivity index (χ0v) is 8.81. The lowest BCUT2D eigenvalue weighted by atomic mass is 9.88. The molecule has 80 valence electrons. The molecule has 2 rings (SSSR count). The Labute approximate surface area is 89.1 Å². The molecule has 0 radical (unpaired) electrons. The van der Waals surface area contributed by atoms with Gasteiger partial charge in [-0.1, -0.05) is 6.92 Å². The number of hydrogen-bond acceptors (Lipinski definition) is 3. The highest BCUT2D eigenvalue weighted by atomic mass is 16.2. The summed E-state index contributed by atoms with van der Waals surface area (Å²) in [7, 11) is 0. The second kappa shape index (κ2) is 4.38. The summed E-state index contributed by atoms with van der Waals surface area (Å²) in [5, 5.41) is 10.5. The molecule has 1 N–H and O–H groups in total. The van der Waals surface area contributed by atoms with Crippen molar-refractivity contribution in [2.24, 2.45) is 11.8 Å². The van der Waals surface area contributed by atoms with Gasteiger partial charge in [0, 0.05) is 18.7 Å². The van der Waals surface area contributed by atoms with Crippen LogP contribution in [0.15, 0.2) is 18.5 Å². The van der Waals surface area contributed by atoms with Crippen LogP contribution < -0.4 is 5.32 Å². The van der Waals surface area contributed by atoms with Gasteiger partial charge in [-0.25, -0.2) is 0 Å². The first-order valence-corrected chi connectivity index (χ1v) is 5.34. The predicted octanol–water partition coefficient (Wildman–Crippen LogP) is 0.791. The van der Waals surface area contributed by atoms with E-state index in [4.69, 9.17) is 0 Å². The molecule has 1 aliphatic rings. The third kappa shape index (κ3) is 2.14. The Morgan fingerprint density at radius 1 is 1.53 bits per heavy atom. The Kier molecular flexibility index (Phi) is 2.94. The molecule has 0 aromatic carbocycles. The minimum Gasteiger partial charge on any atom is -0.356 e. The standard InChI is InChI=1S/C11H15N3O/c1-2-10-9(7-12-11(10)15)5-8-3-4-13-14-6-8/h3-4,6,9-10H,2,5,7H2,1H3,(H,12,15). The lowest BCUT2D eigenvalue weighted by Crippen LogP contribution is -2.19. The topological polar surface area (TPSA) is 54.9 Å². The third-order valence-electron chi connectivity index (χ3n) is 3.03. The number of rotatable bonds is 3. The molecule has 2 heterocycles. The Hall–Kier alpha value is -1.45. The van der Waals surface area contributed by atoms with Crippen molar-refractivity contribution in [1.82, 2.24) is 15.5 Å². The molecular formula is C11H15N3O. The number of hydrogen-bond donors (Lipinski definition) is 1. The number of nitrogens with zero attached hydrogens (tertiary/aromatic N) is 2. The van der Waals surface area contributed by atoms with Gasteiger partial charge < -0.3 is 5.32 Å². The molecule has 1 aromatic rings. The largest absolute Gasteiger partial charge is 0.356 e. The van der Waals surface area contributed by atoms with Gasteiger partial charge in [0.15, 0.2) is 0 Å². The van der Waals surface area contributed by atoms with Gasteiger partial charge in [-0.3, -0.25) is 4.79 Å². The Bertz CT molecular complexity index is 339. The van der Waals surface area contributed by atoms with Gasteiger partial charge in [0.05, 0.1) is 6.20 Å². The summed E-state index contributed by atoms with van der Waals surface area (Å²) in [6.45, 7) is 2.85. The number of aromatic nitrogens is 2. The second-order valence-electron chi connectivity index (χ2n) is 3.97. The molecule has 15 heavy (non-hydrogen) atoms. The molecule has 1 aliphatic heterocycles. The van der Waals surface area contributed by atoms with Gasteiger partial charge >= 0.3 is 0 Å². The summed E-state index contributed by atoms with van der Waals surface area (Å²) >= 11 is 0. The van der Waals surface area contributed by atoms with Crippen molar-refractivity contribution in [1.29, 1.82) is 0 Å². The maximum atomic E-state index is 11.5. The fourth-order valence-electron chi connectivity index (χ4n) is 2.19. The highest BCUT2D eigenvalue weighted by Crippen LogP contribution is 2.24. The molecule has 0 saturated carbocycles. The second-order valence-corrected chi connectivity index (χ2v) is 3.97. The molecule has 0 aliphatic carbocycles. The van der Waals surface area contributed by atoms with E-state index in [1.54, 1.807) is 12.4 Å². The molecule has 0 bridgehead atoms. The molecule has 1 aromatic heterocycles. The Morgan fingerprint density at radius 3 is 3.07 bits per heavy atom. The van der Waals surface area contributed by atoms with Crippen LogP contribution in [0.2, 0.25) is 0 Å². The predicted molar refractivity (Wildman–Crippen MR) is 56.0 cm³/mol. The van der Waals surface area contributed by atoms with E-state index in [2.05, 4.69) is 22.4 Å². The zero-order chi connectivity index (χ0) is 10.7. The average Bonchev–Trinajstić information content (AvgIpc) is 2.61. The fraction of sp³-hybridized carbons (Fsp3) is 0.545. The fourth-order valence-corrected chi connectivity index (χ4v) is 2.19. The lowest BCUT2D eigenvalue weighted by Gasteiger charge is -2.14. The molecule has 4 heteroatoms. The molecule has 1 fully saturated rings. The van der Waals surface area contributed by atoms with Crippen molar-refractivity contribution in [2.75, 3.05) is 6.54 Å². The monoisotopic (exact) mass is 205 g/mol. The normalized spacial score (nSPS) is 25.3. The van der Waals surface area contributed by atoms with Crippen molar-refractivity contribution in [2.45, 2.75) is 19.8 Å². The highest BCUT2D eigenvalue weighted by molar-refractivity contribution is 5.81. The summed E-state index contributed by atoms with van der Waals surface area (Å²) in [6, 6.07) is 1.96. The van der Waals surface area contributed by atoms with Gasteiger partial charge in [0.1, 0.15) is 0 Å². The summed E-state index contributed by atoms with van der Waals surface area (Å²) in [6.07, 6.45) is 5.29. The summed E-state index contributed by atoms with van der Waals surface area (Å²) in [5.41, 5.74) is 1.16. The minimum atomic E-state index is 0.165. The summed E-state index contributed by atoms with van der Waals surface area (Å²) < 4.78 is 0. The molecule has 1 amide bonds. The first-order valence-electron chi connectivity index (χ1n) is 5.34. The maximum absolute atomic E-state index is 11.5. The van der Waals surface area contributed by atoms with Crippen LogP contribution >= 0.6 is 0 Å². The van der Waals surface area contributed by atoms with Crippen LogP contribution in [-0.4, -0.2) is 22.6 Å². The smallest absolute Gasteiger partial charge is 0.223 e. The first kappa shape index (κ1) is 10.1. The molecule has 4 nitrogen and oxygen atoms in total. The maximum Gasteiger partial charge on any atom is 0.223 e. The van der Waals surface area contributed by atoms with E-state index in [9.17, 15) is 4.79 Å². The van der Waals surface area contributed by atoms with E-state index in [-0.39, 0.29) is 11.8 Å². The van der Waals surface area contributed by atoms with Crippen molar-refractivity contribution in [3.8, 4) is 0 Å². The van der Waals surface area contributed by atoms with E-state index in [0.717, 1.165) is 24.9 Å². The van der Waals surface area contributed by atoms with Crippen LogP contribution in [0.1, 0.15) is 18.9 Å². The number of amides is 1. The van der Waals surface area contributed by atoms with Crippen molar-refractivity contribution in [3.63, 3.8) is 0 Å². The van der Waals surface area contributed by atoms with Crippen LogP contribution in [-0.2, 0) is 11.2 Å². The summed E-state index contributed by atoms with van der Waals surface area (Å²) in [4.78, 5) is 11.5. The van der Waals surface area contributed by atoms with E-state index in [0.29, 0.717) is 5.92 Å². The van der Waals surface area contributed by atoms with E-state index >= 15 is 0 Å². The van der Waals surface area contributed by atoms with Crippen molar-refractivity contribution in [3.05, 3.63) is 24.0 Å². The van der Waals surface area contributed by atoms with Gasteiger partial charge in [0.2, 0.25) is 5.91 Å². The van der Waals surface area contributed by atoms with Crippen molar-refractivity contribution < 1.29 is 4.79 Å². The highest BCUT2D eigenvalue weighted by Gasteiger charge is 2.32. The van der Waals surface area contributed by atoms with Crippen LogP contribution in [0, 0.1) is 11.8 Å². The van der Waals surface area contributed by atoms with Gasteiger partial charge in [0.25, 0.3) is 0 Å². The minimum absolute atomic E-state index is 0.165. The molecule has 0 spiro atoms. The van der Waals surface area contributed by atoms with Crippen LogP contribution in [0.4, 0.5) is 0 Å². The molecule has 2 atom stereocenters. The van der Waals surface area contributed by atoms with E-state index in [1.165, 1.54) is 0 Å². The van der Waals surface area contributed by atoms with E-state index in [1.807, 2.05) is 6.07 Å². The third-order valence-corrected chi connectivity index (χ3v) is 3.03. The van der Waals surface area contributed by atoms with Gasteiger partial charge in [-0.2, -0.15) is 10.2 Å². The lowest BCUT2D eigenvalue weighted by molar-refractivity contribution is -0.123. The van der Waals surface area contributed by atoms with Crippen molar-refractivity contribution >= 4 is 5.91 Å². The quantitative estimate of drug-likeness (QED) is 0.793. The van der Waals surface area contributed by atoms with E-state index < -0.39 is 0 Å². The Morgan fingerprint density at radius 2 is 2.40 bits per heavy atom. The zero-order valence-electron chi connectivity index (χ0n) is 8.81. The number of carbonyl (C=O) groups is 1. The average molecular weight is 205 g/mol. The molecular weight excluding hydrogens is 190 g/mol. The number of nitrogens with one attached hydrogen (secondary N) is 1. The van der Waals surface area contributed by atoms with Crippen LogP contribution in [0.5, 0.6) is 0 Å². The Balaban J connectivity index is 2.04. The molecule has 2 unspecified atom stereocenters. The van der Waals surface area contributed by atoms with Crippen LogP contribution in [0.3, 0.4) is 0 Å². The SMILES string of the molecule is CCC1C(=O)NCC1Cc1ccnnc1. The summed E-state index contributed by atoms with van der Waals surface area (Å²) in [5.74, 6) is 0.773. The first-order chi connectivity index (χ1) is 7.31. The number of carbonyl (C=O) groups excluding carboxylic acids is 1. The van der Waals surface area contributed by atoms with Gasteiger partial charge in [-0.15, -0.1) is 0 Å². The van der Waals surface area contributed by atoms with Crippen LogP contribution in [0.25, 0.3) is 0 Å². The molecule has 1 saturated heterocycles.